The molecule has 0 aliphatic rings. The summed E-state index contributed by atoms with van der Waals surface area (Å²) >= 11 is 0. The maximum Gasteiger partial charge on any atom is 0.182 e. The zero-order chi connectivity index (χ0) is 15.6. The van der Waals surface area contributed by atoms with Gasteiger partial charge in [-0.3, -0.25) is 0 Å². The lowest BCUT2D eigenvalue weighted by molar-refractivity contribution is 0.602. The highest BCUT2D eigenvalue weighted by Gasteiger charge is 2.23. The van der Waals surface area contributed by atoms with Crippen LogP contribution in [0.15, 0.2) is 29.2 Å². The predicted molar refractivity (Wildman–Crippen MR) is 84.2 cm³/mol. The summed E-state index contributed by atoms with van der Waals surface area (Å²) in [6.07, 6.45) is 1.14. The Labute approximate surface area is 124 Å². The normalized spacial score (nSPS) is 11.6. The van der Waals surface area contributed by atoms with Crippen LogP contribution in [0.4, 0.5) is 11.6 Å². The third-order valence-corrected chi connectivity index (χ3v) is 4.26. The number of aromatic nitrogens is 2. The molecule has 2 aromatic rings. The Kier molecular flexibility index (Phi) is 4.22. The molecule has 2 rings (SSSR count). The van der Waals surface area contributed by atoms with Crippen LogP contribution in [-0.4, -0.2) is 31.0 Å². The molecule has 0 aliphatic heterocycles. The lowest BCUT2D eigenvalue weighted by atomic mass is 10.1. The summed E-state index contributed by atoms with van der Waals surface area (Å²) in [5, 5.41) is 7.23. The quantitative estimate of drug-likeness (QED) is 0.876. The summed E-state index contributed by atoms with van der Waals surface area (Å²) in [6.45, 7) is 4.89. The highest BCUT2D eigenvalue weighted by atomic mass is 32.2. The van der Waals surface area contributed by atoms with Gasteiger partial charge in [-0.2, -0.15) is 5.10 Å². The van der Waals surface area contributed by atoms with E-state index in [-0.39, 0.29) is 10.7 Å². The van der Waals surface area contributed by atoms with E-state index >= 15 is 0 Å². The van der Waals surface area contributed by atoms with E-state index in [1.165, 1.54) is 4.68 Å². The Hall–Kier alpha value is -2.02. The second kappa shape index (κ2) is 5.77. The molecule has 1 aromatic heterocycles. The third kappa shape index (κ3) is 3.36. The maximum atomic E-state index is 11.9. The van der Waals surface area contributed by atoms with Crippen LogP contribution < -0.4 is 11.1 Å². The molecule has 0 amide bonds. The molecule has 0 saturated carbocycles. The smallest absolute Gasteiger partial charge is 0.182 e. The van der Waals surface area contributed by atoms with Gasteiger partial charge in [0.05, 0.1) is 6.54 Å². The Balaban J connectivity index is 2.43. The Morgan fingerprint density at radius 1 is 1.29 bits per heavy atom. The van der Waals surface area contributed by atoms with Crippen LogP contribution in [0.25, 0.3) is 0 Å². The average molecular weight is 308 g/mol. The van der Waals surface area contributed by atoms with Crippen LogP contribution in [0.2, 0.25) is 0 Å². The van der Waals surface area contributed by atoms with Gasteiger partial charge in [-0.25, -0.2) is 13.1 Å². The number of rotatable bonds is 5. The monoisotopic (exact) mass is 308 g/mol. The molecule has 7 heteroatoms. The molecule has 0 unspecified atom stereocenters. The first kappa shape index (κ1) is 15.4. The van der Waals surface area contributed by atoms with E-state index in [9.17, 15) is 8.42 Å². The summed E-state index contributed by atoms with van der Waals surface area (Å²) in [7, 11) is -3.44. The van der Waals surface area contributed by atoms with Gasteiger partial charge in [0, 0.05) is 12.8 Å². The van der Waals surface area contributed by atoms with Crippen molar-refractivity contribution in [3.63, 3.8) is 0 Å². The van der Waals surface area contributed by atoms with E-state index in [0.717, 1.165) is 17.4 Å². The molecule has 0 saturated heterocycles. The number of nitrogen functional groups attached to an aromatic ring is 1. The van der Waals surface area contributed by atoms with Crippen molar-refractivity contribution < 1.29 is 8.42 Å². The molecule has 1 aromatic carbocycles. The van der Waals surface area contributed by atoms with E-state index in [0.29, 0.717) is 18.9 Å². The van der Waals surface area contributed by atoms with Gasteiger partial charge in [0.15, 0.2) is 20.6 Å². The minimum Gasteiger partial charge on any atom is -0.383 e. The summed E-state index contributed by atoms with van der Waals surface area (Å²) in [5.41, 5.74) is 8.16. The van der Waals surface area contributed by atoms with Gasteiger partial charge in [0.2, 0.25) is 0 Å². The van der Waals surface area contributed by atoms with E-state index in [2.05, 4.69) is 10.4 Å². The maximum absolute atomic E-state index is 11.9. The van der Waals surface area contributed by atoms with Crippen molar-refractivity contribution in [2.24, 2.45) is 0 Å². The van der Waals surface area contributed by atoms with Crippen molar-refractivity contribution in [3.05, 3.63) is 35.4 Å². The third-order valence-electron chi connectivity index (χ3n) is 3.11. The topological polar surface area (TPSA) is 90.0 Å². The van der Waals surface area contributed by atoms with Crippen molar-refractivity contribution >= 4 is 21.5 Å². The van der Waals surface area contributed by atoms with E-state index < -0.39 is 9.84 Å². The number of sulfone groups is 1. The number of nitrogens with one attached hydrogen (secondary N) is 1. The molecular formula is C14H20N4O2S. The SMILES string of the molecule is CCNc1nn(Cc2ccc(C)cc2)c(N)c1S(C)(=O)=O. The molecule has 114 valence electrons. The summed E-state index contributed by atoms with van der Waals surface area (Å²) in [5.74, 6) is 0.471. The summed E-state index contributed by atoms with van der Waals surface area (Å²) in [4.78, 5) is 0.0662. The van der Waals surface area contributed by atoms with Crippen molar-refractivity contribution in [2.75, 3.05) is 23.9 Å². The van der Waals surface area contributed by atoms with Crippen molar-refractivity contribution in [1.82, 2.24) is 9.78 Å². The number of hydrogen-bond donors (Lipinski definition) is 2. The number of benzene rings is 1. The second-order valence-electron chi connectivity index (χ2n) is 5.01. The van der Waals surface area contributed by atoms with Gasteiger partial charge in [0.25, 0.3) is 0 Å². The Morgan fingerprint density at radius 2 is 1.90 bits per heavy atom. The first-order valence-electron chi connectivity index (χ1n) is 6.68. The predicted octanol–water partition coefficient (Wildman–Crippen LogP) is 1.66. The van der Waals surface area contributed by atoms with Crippen LogP contribution in [0.3, 0.4) is 0 Å². The number of hydrogen-bond acceptors (Lipinski definition) is 5. The van der Waals surface area contributed by atoms with E-state index in [1.807, 2.05) is 38.1 Å². The average Bonchev–Trinajstić information content (AvgIpc) is 2.69. The molecule has 0 bridgehead atoms. The molecule has 3 N–H and O–H groups in total. The van der Waals surface area contributed by atoms with E-state index in [4.69, 9.17) is 5.73 Å². The van der Waals surface area contributed by atoms with Crippen LogP contribution in [0, 0.1) is 6.92 Å². The van der Waals surface area contributed by atoms with Gasteiger partial charge in [0.1, 0.15) is 5.82 Å². The van der Waals surface area contributed by atoms with Gasteiger partial charge in [-0.15, -0.1) is 0 Å². The van der Waals surface area contributed by atoms with Crippen molar-refractivity contribution in [1.29, 1.82) is 0 Å². The van der Waals surface area contributed by atoms with Crippen molar-refractivity contribution in [3.8, 4) is 0 Å². The fraction of sp³-hybridized carbons (Fsp3) is 0.357. The molecular weight excluding hydrogens is 288 g/mol. The molecule has 1 heterocycles. The van der Waals surface area contributed by atoms with Gasteiger partial charge in [-0.05, 0) is 19.4 Å². The first-order chi connectivity index (χ1) is 9.82. The number of anilines is 2. The van der Waals surface area contributed by atoms with Crippen LogP contribution in [0.5, 0.6) is 0 Å². The molecule has 6 nitrogen and oxygen atoms in total. The minimum absolute atomic E-state index is 0.0662. The molecule has 0 atom stereocenters. The second-order valence-corrected chi connectivity index (χ2v) is 6.96. The first-order valence-corrected chi connectivity index (χ1v) is 8.57. The molecule has 0 aliphatic carbocycles. The summed E-state index contributed by atoms with van der Waals surface area (Å²) in [6, 6.07) is 7.95. The number of nitrogens with zero attached hydrogens (tertiary/aromatic N) is 2. The molecule has 0 fully saturated rings. The fourth-order valence-electron chi connectivity index (χ4n) is 2.09. The van der Waals surface area contributed by atoms with Crippen molar-refractivity contribution in [2.45, 2.75) is 25.3 Å². The Bertz CT molecular complexity index is 733. The standard InChI is InChI=1S/C14H20N4O2S/c1-4-16-14-12(21(3,19)20)13(15)18(17-14)9-11-7-5-10(2)6-8-11/h5-8H,4,9,15H2,1-3H3,(H,16,17). The molecule has 0 radical (unpaired) electrons. The summed E-state index contributed by atoms with van der Waals surface area (Å²) < 4.78 is 25.3. The zero-order valence-corrected chi connectivity index (χ0v) is 13.2. The lowest BCUT2D eigenvalue weighted by Gasteiger charge is -2.05. The number of nitrogens with two attached hydrogens (primary N) is 1. The van der Waals surface area contributed by atoms with Crippen LogP contribution >= 0.6 is 0 Å². The molecule has 21 heavy (non-hydrogen) atoms. The van der Waals surface area contributed by atoms with Crippen LogP contribution in [0.1, 0.15) is 18.1 Å². The highest BCUT2D eigenvalue weighted by molar-refractivity contribution is 7.91. The fourth-order valence-corrected chi connectivity index (χ4v) is 3.04. The minimum atomic E-state index is -3.44. The lowest BCUT2D eigenvalue weighted by Crippen LogP contribution is -2.08. The largest absolute Gasteiger partial charge is 0.383 e. The molecule has 0 spiro atoms. The van der Waals surface area contributed by atoms with Gasteiger partial charge < -0.3 is 11.1 Å². The van der Waals surface area contributed by atoms with Crippen LogP contribution in [-0.2, 0) is 16.4 Å². The number of aryl methyl sites for hydroxylation is 1. The van der Waals surface area contributed by atoms with E-state index in [1.54, 1.807) is 0 Å². The van der Waals surface area contributed by atoms with Gasteiger partial charge >= 0.3 is 0 Å². The Morgan fingerprint density at radius 3 is 2.43 bits per heavy atom. The van der Waals surface area contributed by atoms with Gasteiger partial charge in [-0.1, -0.05) is 29.8 Å². The highest BCUT2D eigenvalue weighted by Crippen LogP contribution is 2.27. The zero-order valence-electron chi connectivity index (χ0n) is 12.4.